The van der Waals surface area contributed by atoms with Crippen LogP contribution in [0.4, 0.5) is 0 Å². The molecule has 1 saturated heterocycles. The molecule has 0 spiro atoms. The Kier molecular flexibility index (Phi) is 4.75. The molecule has 6 heteroatoms. The van der Waals surface area contributed by atoms with E-state index in [1.54, 1.807) is 6.20 Å². The minimum atomic E-state index is -0.149. The highest BCUT2D eigenvalue weighted by Crippen LogP contribution is 2.07. The summed E-state index contributed by atoms with van der Waals surface area (Å²) in [4.78, 5) is 21.8. The quantitative estimate of drug-likeness (QED) is 0.833. The van der Waals surface area contributed by atoms with Gasteiger partial charge in [0.15, 0.2) is 0 Å². The number of amides is 1. The van der Waals surface area contributed by atoms with Crippen molar-refractivity contribution in [2.45, 2.75) is 0 Å². The Hall–Kier alpha value is -1.14. The molecular formula is C11H16N4OS. The molecule has 0 aliphatic carbocycles. The molecule has 92 valence electrons. The fourth-order valence-corrected chi connectivity index (χ4v) is 2.64. The minimum Gasteiger partial charge on any atom is -0.349 e. The monoisotopic (exact) mass is 252 g/mol. The molecule has 1 fully saturated rings. The lowest BCUT2D eigenvalue weighted by Crippen LogP contribution is -2.39. The Morgan fingerprint density at radius 2 is 2.24 bits per heavy atom. The largest absolute Gasteiger partial charge is 0.349 e. The van der Waals surface area contributed by atoms with Crippen molar-refractivity contribution in [1.29, 1.82) is 0 Å². The molecule has 1 aromatic rings. The van der Waals surface area contributed by atoms with Crippen LogP contribution in [0, 0.1) is 0 Å². The lowest BCUT2D eigenvalue weighted by Gasteiger charge is -2.25. The predicted octanol–water partition coefficient (Wildman–Crippen LogP) is 0.255. The summed E-state index contributed by atoms with van der Waals surface area (Å²) in [6.07, 6.45) is 4.56. The molecule has 0 atom stereocenters. The summed E-state index contributed by atoms with van der Waals surface area (Å²) in [6, 6.07) is 0. The van der Waals surface area contributed by atoms with Gasteiger partial charge in [-0.2, -0.15) is 11.8 Å². The summed E-state index contributed by atoms with van der Waals surface area (Å²) in [5, 5.41) is 2.86. The van der Waals surface area contributed by atoms with Gasteiger partial charge in [-0.15, -0.1) is 0 Å². The number of rotatable bonds is 4. The van der Waals surface area contributed by atoms with E-state index >= 15 is 0 Å². The molecule has 17 heavy (non-hydrogen) atoms. The Morgan fingerprint density at radius 3 is 2.94 bits per heavy atom. The third kappa shape index (κ3) is 3.98. The average Bonchev–Trinajstić information content (AvgIpc) is 2.41. The van der Waals surface area contributed by atoms with Crippen molar-refractivity contribution in [3.8, 4) is 0 Å². The van der Waals surface area contributed by atoms with E-state index in [9.17, 15) is 4.79 Å². The molecule has 0 radical (unpaired) electrons. The molecule has 2 heterocycles. The van der Waals surface area contributed by atoms with Gasteiger partial charge in [0, 0.05) is 50.1 Å². The van der Waals surface area contributed by atoms with Crippen molar-refractivity contribution in [2.24, 2.45) is 0 Å². The Balaban J connectivity index is 1.69. The van der Waals surface area contributed by atoms with Gasteiger partial charge in [0.1, 0.15) is 5.69 Å². The van der Waals surface area contributed by atoms with Gasteiger partial charge in [-0.1, -0.05) is 0 Å². The zero-order chi connectivity index (χ0) is 11.9. The number of hydrogen-bond donors (Lipinski definition) is 1. The molecule has 1 aromatic heterocycles. The van der Waals surface area contributed by atoms with Gasteiger partial charge in [-0.05, 0) is 0 Å². The van der Waals surface area contributed by atoms with Gasteiger partial charge in [0.2, 0.25) is 0 Å². The van der Waals surface area contributed by atoms with Crippen LogP contribution in [-0.4, -0.2) is 58.5 Å². The second-order valence-electron chi connectivity index (χ2n) is 3.80. The van der Waals surface area contributed by atoms with Gasteiger partial charge >= 0.3 is 0 Å². The fourth-order valence-electron chi connectivity index (χ4n) is 1.66. The van der Waals surface area contributed by atoms with Gasteiger partial charge in [-0.25, -0.2) is 4.98 Å². The second kappa shape index (κ2) is 6.56. The van der Waals surface area contributed by atoms with Crippen LogP contribution < -0.4 is 5.32 Å². The highest BCUT2D eigenvalue weighted by atomic mass is 32.2. The molecule has 1 N–H and O–H groups in total. The second-order valence-corrected chi connectivity index (χ2v) is 5.03. The fraction of sp³-hybridized carbons (Fsp3) is 0.545. The molecule has 0 unspecified atom stereocenters. The predicted molar refractivity (Wildman–Crippen MR) is 68.1 cm³/mol. The Morgan fingerprint density at radius 1 is 1.41 bits per heavy atom. The highest BCUT2D eigenvalue weighted by molar-refractivity contribution is 7.99. The normalized spacial score (nSPS) is 16.7. The molecule has 0 aromatic carbocycles. The zero-order valence-electron chi connectivity index (χ0n) is 9.63. The van der Waals surface area contributed by atoms with Crippen molar-refractivity contribution in [2.75, 3.05) is 37.7 Å². The molecule has 1 aliphatic heterocycles. The van der Waals surface area contributed by atoms with Crippen LogP contribution in [0.5, 0.6) is 0 Å². The molecule has 0 bridgehead atoms. The van der Waals surface area contributed by atoms with Crippen LogP contribution in [0.2, 0.25) is 0 Å². The first-order chi connectivity index (χ1) is 8.36. The van der Waals surface area contributed by atoms with E-state index in [1.807, 2.05) is 11.8 Å². The number of thioether (sulfide) groups is 1. The topological polar surface area (TPSA) is 58.1 Å². The molecule has 1 aliphatic rings. The van der Waals surface area contributed by atoms with Crippen molar-refractivity contribution in [3.05, 3.63) is 24.3 Å². The van der Waals surface area contributed by atoms with Crippen LogP contribution in [0.15, 0.2) is 18.6 Å². The lowest BCUT2D eigenvalue weighted by molar-refractivity contribution is 0.0943. The summed E-state index contributed by atoms with van der Waals surface area (Å²) in [5.41, 5.74) is 0.377. The smallest absolute Gasteiger partial charge is 0.271 e. The molecular weight excluding hydrogens is 236 g/mol. The summed E-state index contributed by atoms with van der Waals surface area (Å²) in [5.74, 6) is 2.24. The first-order valence-electron chi connectivity index (χ1n) is 5.70. The van der Waals surface area contributed by atoms with E-state index in [-0.39, 0.29) is 5.91 Å². The van der Waals surface area contributed by atoms with Crippen molar-refractivity contribution < 1.29 is 4.79 Å². The number of aromatic nitrogens is 2. The summed E-state index contributed by atoms with van der Waals surface area (Å²) >= 11 is 1.99. The molecule has 1 amide bonds. The minimum absolute atomic E-state index is 0.149. The van der Waals surface area contributed by atoms with E-state index in [1.165, 1.54) is 23.9 Å². The van der Waals surface area contributed by atoms with Gasteiger partial charge in [0.25, 0.3) is 5.91 Å². The maximum atomic E-state index is 11.7. The van der Waals surface area contributed by atoms with Crippen LogP contribution in [0.3, 0.4) is 0 Å². The first kappa shape index (κ1) is 12.3. The molecule has 0 saturated carbocycles. The summed E-state index contributed by atoms with van der Waals surface area (Å²) in [7, 11) is 0. The first-order valence-corrected chi connectivity index (χ1v) is 6.86. The van der Waals surface area contributed by atoms with E-state index in [0.29, 0.717) is 12.2 Å². The third-order valence-electron chi connectivity index (χ3n) is 2.61. The lowest BCUT2D eigenvalue weighted by atomic mass is 10.4. The number of carbonyl (C=O) groups excluding carboxylic acids is 1. The van der Waals surface area contributed by atoms with Crippen molar-refractivity contribution in [1.82, 2.24) is 20.2 Å². The van der Waals surface area contributed by atoms with Crippen LogP contribution in [-0.2, 0) is 0 Å². The third-order valence-corrected chi connectivity index (χ3v) is 3.56. The Bertz CT molecular complexity index is 354. The van der Waals surface area contributed by atoms with Crippen molar-refractivity contribution >= 4 is 17.7 Å². The van der Waals surface area contributed by atoms with Gasteiger partial charge in [0.05, 0.1) is 6.20 Å². The van der Waals surface area contributed by atoms with Crippen molar-refractivity contribution in [3.63, 3.8) is 0 Å². The van der Waals surface area contributed by atoms with Crippen LogP contribution in [0.25, 0.3) is 0 Å². The molecule has 2 rings (SSSR count). The van der Waals surface area contributed by atoms with E-state index in [0.717, 1.165) is 19.6 Å². The van der Waals surface area contributed by atoms with E-state index in [4.69, 9.17) is 0 Å². The van der Waals surface area contributed by atoms with E-state index in [2.05, 4.69) is 20.2 Å². The summed E-state index contributed by atoms with van der Waals surface area (Å²) < 4.78 is 0. The maximum Gasteiger partial charge on any atom is 0.271 e. The number of hydrogen-bond acceptors (Lipinski definition) is 5. The highest BCUT2D eigenvalue weighted by Gasteiger charge is 2.11. The zero-order valence-corrected chi connectivity index (χ0v) is 10.4. The number of carbonyl (C=O) groups is 1. The summed E-state index contributed by atoms with van der Waals surface area (Å²) in [6.45, 7) is 3.81. The van der Waals surface area contributed by atoms with Gasteiger partial charge < -0.3 is 5.32 Å². The maximum absolute atomic E-state index is 11.7. The standard InChI is InChI=1S/C11H16N4OS/c16-11(10-9-12-1-2-13-10)14-3-4-15-5-7-17-8-6-15/h1-2,9H,3-8H2,(H,14,16). The SMILES string of the molecule is O=C(NCCN1CCSCC1)c1cnccn1. The Labute approximate surface area is 105 Å². The number of nitrogens with zero attached hydrogens (tertiary/aromatic N) is 3. The van der Waals surface area contributed by atoms with Gasteiger partial charge in [-0.3, -0.25) is 14.7 Å². The van der Waals surface area contributed by atoms with E-state index < -0.39 is 0 Å². The van der Waals surface area contributed by atoms with Crippen LogP contribution >= 0.6 is 11.8 Å². The van der Waals surface area contributed by atoms with Crippen LogP contribution in [0.1, 0.15) is 10.5 Å². The average molecular weight is 252 g/mol. The number of nitrogens with one attached hydrogen (secondary N) is 1. The molecule has 5 nitrogen and oxygen atoms in total.